The van der Waals surface area contributed by atoms with Crippen LogP contribution < -0.4 is 0 Å². The van der Waals surface area contributed by atoms with Crippen molar-refractivity contribution in [3.63, 3.8) is 0 Å². The molecule has 5 nitrogen and oxygen atoms in total. The first-order valence-corrected chi connectivity index (χ1v) is 5.21. The van der Waals surface area contributed by atoms with Crippen molar-refractivity contribution < 1.29 is 19.1 Å². The average molecular weight is 247 g/mol. The molecule has 94 valence electrons. The topological polar surface area (TPSA) is 65.5 Å². The number of esters is 2. The second kappa shape index (κ2) is 7.01. The summed E-state index contributed by atoms with van der Waals surface area (Å²) in [6, 6.07) is 2.77. The molecule has 0 bridgehead atoms. The summed E-state index contributed by atoms with van der Waals surface area (Å²) in [6.07, 6.45) is 4.24. The number of hydrogen-bond acceptors (Lipinski definition) is 5. The molecule has 0 unspecified atom stereocenters. The summed E-state index contributed by atoms with van der Waals surface area (Å²) in [6.45, 7) is 7.05. The van der Waals surface area contributed by atoms with Gasteiger partial charge in [0.2, 0.25) is 0 Å². The number of pyridine rings is 1. The van der Waals surface area contributed by atoms with Gasteiger partial charge in [0, 0.05) is 6.20 Å². The van der Waals surface area contributed by atoms with Crippen LogP contribution in [-0.2, 0) is 9.47 Å². The molecule has 1 rings (SSSR count). The minimum absolute atomic E-state index is 0.0462. The maximum Gasteiger partial charge on any atom is 0.357 e. The summed E-state index contributed by atoms with van der Waals surface area (Å²) in [7, 11) is 0. The van der Waals surface area contributed by atoms with Crippen molar-refractivity contribution in [1.82, 2.24) is 4.98 Å². The van der Waals surface area contributed by atoms with Gasteiger partial charge in [-0.3, -0.25) is 0 Å². The van der Waals surface area contributed by atoms with Crippen LogP contribution in [0.4, 0.5) is 0 Å². The second-order valence-corrected chi connectivity index (χ2v) is 3.20. The van der Waals surface area contributed by atoms with E-state index in [-0.39, 0.29) is 24.5 Å². The van der Waals surface area contributed by atoms with Crippen molar-refractivity contribution in [1.29, 1.82) is 0 Å². The predicted molar refractivity (Wildman–Crippen MR) is 65.2 cm³/mol. The lowest BCUT2D eigenvalue weighted by atomic mass is 10.2. The normalized spacial score (nSPS) is 9.33. The highest BCUT2D eigenvalue weighted by Gasteiger charge is 2.13. The van der Waals surface area contributed by atoms with Crippen LogP contribution in [-0.4, -0.2) is 30.1 Å². The molecule has 0 atom stereocenters. The van der Waals surface area contributed by atoms with Gasteiger partial charge in [-0.05, 0) is 12.1 Å². The minimum atomic E-state index is -0.617. The van der Waals surface area contributed by atoms with Gasteiger partial charge < -0.3 is 9.47 Å². The smallest absolute Gasteiger partial charge is 0.357 e. The van der Waals surface area contributed by atoms with Gasteiger partial charge in [-0.15, -0.1) is 0 Å². The Morgan fingerprint density at radius 3 is 2.39 bits per heavy atom. The lowest BCUT2D eigenvalue weighted by Gasteiger charge is -2.04. The largest absolute Gasteiger partial charge is 0.458 e. The summed E-state index contributed by atoms with van der Waals surface area (Å²) < 4.78 is 9.65. The van der Waals surface area contributed by atoms with Crippen LogP contribution >= 0.6 is 0 Å². The Labute approximate surface area is 105 Å². The number of carbonyl (C=O) groups is 2. The number of nitrogens with zero attached hydrogens (tertiary/aromatic N) is 1. The molecular formula is C13H13NO4. The highest BCUT2D eigenvalue weighted by molar-refractivity contribution is 5.93. The zero-order valence-corrected chi connectivity index (χ0v) is 9.80. The van der Waals surface area contributed by atoms with E-state index in [0.29, 0.717) is 0 Å². The van der Waals surface area contributed by atoms with E-state index >= 15 is 0 Å². The van der Waals surface area contributed by atoms with Crippen molar-refractivity contribution >= 4 is 11.9 Å². The highest BCUT2D eigenvalue weighted by Crippen LogP contribution is 2.05. The quantitative estimate of drug-likeness (QED) is 0.566. The molecule has 0 spiro atoms. The van der Waals surface area contributed by atoms with Gasteiger partial charge in [-0.1, -0.05) is 25.3 Å². The molecule has 0 aliphatic rings. The third-order valence-electron chi connectivity index (χ3n) is 1.87. The van der Waals surface area contributed by atoms with Gasteiger partial charge in [0.25, 0.3) is 0 Å². The van der Waals surface area contributed by atoms with Crippen LogP contribution in [0.2, 0.25) is 0 Å². The standard InChI is InChI=1S/C13H13NO4/c1-3-7-17-12(15)10-5-6-14-11(9-10)13(16)18-8-4-2/h3-6,9H,1-2,7-8H2. The molecule has 0 fully saturated rings. The van der Waals surface area contributed by atoms with E-state index in [4.69, 9.17) is 9.47 Å². The maximum atomic E-state index is 11.5. The van der Waals surface area contributed by atoms with Gasteiger partial charge in [-0.25, -0.2) is 14.6 Å². The Balaban J connectivity index is 2.78. The summed E-state index contributed by atoms with van der Waals surface area (Å²) >= 11 is 0. The summed E-state index contributed by atoms with van der Waals surface area (Å²) in [5.41, 5.74) is 0.280. The van der Waals surface area contributed by atoms with Crippen molar-refractivity contribution in [2.45, 2.75) is 0 Å². The van der Waals surface area contributed by atoms with E-state index in [0.717, 1.165) is 0 Å². The fourth-order valence-corrected chi connectivity index (χ4v) is 1.10. The van der Waals surface area contributed by atoms with E-state index < -0.39 is 11.9 Å². The summed E-state index contributed by atoms with van der Waals surface area (Å²) in [4.78, 5) is 26.8. The fourth-order valence-electron chi connectivity index (χ4n) is 1.10. The Bertz CT molecular complexity index is 429. The lowest BCUT2D eigenvalue weighted by molar-refractivity contribution is 0.0542. The average Bonchev–Trinajstić information content (AvgIpc) is 2.42. The Kier molecular flexibility index (Phi) is 5.31. The van der Waals surface area contributed by atoms with Gasteiger partial charge in [-0.2, -0.15) is 0 Å². The molecule has 0 radical (unpaired) electrons. The molecule has 0 saturated heterocycles. The monoisotopic (exact) mass is 247 g/mol. The van der Waals surface area contributed by atoms with Gasteiger partial charge >= 0.3 is 11.9 Å². The first kappa shape index (κ1) is 13.6. The number of rotatable bonds is 6. The Hall–Kier alpha value is -2.43. The van der Waals surface area contributed by atoms with E-state index in [1.54, 1.807) is 0 Å². The number of aromatic nitrogens is 1. The van der Waals surface area contributed by atoms with Crippen LogP contribution in [0.25, 0.3) is 0 Å². The molecule has 0 N–H and O–H groups in total. The zero-order chi connectivity index (χ0) is 13.4. The molecular weight excluding hydrogens is 234 g/mol. The second-order valence-electron chi connectivity index (χ2n) is 3.20. The molecule has 0 aromatic carbocycles. The lowest BCUT2D eigenvalue weighted by Crippen LogP contribution is -2.11. The molecule has 5 heteroatoms. The first-order chi connectivity index (χ1) is 8.69. The van der Waals surface area contributed by atoms with Crippen LogP contribution in [0.3, 0.4) is 0 Å². The van der Waals surface area contributed by atoms with Crippen LogP contribution in [0.15, 0.2) is 43.6 Å². The molecule has 1 aromatic rings. The number of carbonyl (C=O) groups excluding carboxylic acids is 2. The van der Waals surface area contributed by atoms with Crippen molar-refractivity contribution in [3.8, 4) is 0 Å². The molecule has 0 saturated carbocycles. The maximum absolute atomic E-state index is 11.5. The molecule has 0 aliphatic heterocycles. The molecule has 1 aromatic heterocycles. The third kappa shape index (κ3) is 3.86. The molecule has 0 amide bonds. The summed E-state index contributed by atoms with van der Waals surface area (Å²) in [5, 5.41) is 0. The Morgan fingerprint density at radius 2 is 1.78 bits per heavy atom. The summed E-state index contributed by atoms with van der Waals surface area (Å²) in [5.74, 6) is -1.16. The zero-order valence-electron chi connectivity index (χ0n) is 9.80. The molecule has 1 heterocycles. The first-order valence-electron chi connectivity index (χ1n) is 5.21. The van der Waals surface area contributed by atoms with Crippen LogP contribution in [0.5, 0.6) is 0 Å². The van der Waals surface area contributed by atoms with Crippen molar-refractivity contribution in [3.05, 3.63) is 54.9 Å². The molecule has 18 heavy (non-hydrogen) atoms. The van der Waals surface area contributed by atoms with E-state index in [9.17, 15) is 9.59 Å². The van der Waals surface area contributed by atoms with Crippen LogP contribution in [0.1, 0.15) is 20.8 Å². The van der Waals surface area contributed by atoms with E-state index in [2.05, 4.69) is 18.1 Å². The van der Waals surface area contributed by atoms with Crippen LogP contribution in [0, 0.1) is 0 Å². The van der Waals surface area contributed by atoms with Gasteiger partial charge in [0.15, 0.2) is 0 Å². The van der Waals surface area contributed by atoms with Crippen molar-refractivity contribution in [2.24, 2.45) is 0 Å². The Morgan fingerprint density at radius 1 is 1.17 bits per heavy atom. The SMILES string of the molecule is C=CCOC(=O)c1ccnc(C(=O)OCC=C)c1. The molecule has 0 aliphatic carbocycles. The van der Waals surface area contributed by atoms with Gasteiger partial charge in [0.05, 0.1) is 5.56 Å². The van der Waals surface area contributed by atoms with E-state index in [1.807, 2.05) is 0 Å². The third-order valence-corrected chi connectivity index (χ3v) is 1.87. The minimum Gasteiger partial charge on any atom is -0.458 e. The van der Waals surface area contributed by atoms with Gasteiger partial charge in [0.1, 0.15) is 18.9 Å². The number of hydrogen-bond donors (Lipinski definition) is 0. The predicted octanol–water partition coefficient (Wildman–Crippen LogP) is 1.77. The fraction of sp³-hybridized carbons (Fsp3) is 0.154. The van der Waals surface area contributed by atoms with E-state index in [1.165, 1.54) is 30.5 Å². The van der Waals surface area contributed by atoms with Crippen molar-refractivity contribution in [2.75, 3.05) is 13.2 Å². The number of ether oxygens (including phenoxy) is 2. The highest BCUT2D eigenvalue weighted by atomic mass is 16.5.